The number of benzene rings is 2. The summed E-state index contributed by atoms with van der Waals surface area (Å²) >= 11 is 0. The monoisotopic (exact) mass is 406 g/mol. The smallest absolute Gasteiger partial charge is 0.230 e. The van der Waals surface area contributed by atoms with Crippen LogP contribution >= 0.6 is 0 Å². The van der Waals surface area contributed by atoms with Crippen molar-refractivity contribution in [2.75, 3.05) is 0 Å². The fourth-order valence-corrected chi connectivity index (χ4v) is 4.12. The Balaban J connectivity index is 2.32. The molecule has 30 heavy (non-hydrogen) atoms. The maximum Gasteiger partial charge on any atom is 0.230 e. The Hall–Kier alpha value is -2.75. The van der Waals surface area contributed by atoms with Crippen molar-refractivity contribution in [2.24, 2.45) is 0 Å². The average molecular weight is 407 g/mol. The van der Waals surface area contributed by atoms with Gasteiger partial charge in [0.2, 0.25) is 11.6 Å². The number of phenols is 1. The van der Waals surface area contributed by atoms with Crippen LogP contribution in [0.4, 0.5) is 0 Å². The van der Waals surface area contributed by atoms with Gasteiger partial charge >= 0.3 is 0 Å². The van der Waals surface area contributed by atoms with Crippen LogP contribution in [0.5, 0.6) is 5.75 Å². The SMILES string of the molecule is Cc1ccc2c(c1C)C(=O)C(c1cc(C(C)(C)C)c(O)c(C(C)(C)C)c1)C(=O)C2=O. The molecular formula is C26H30O4. The Morgan fingerprint density at radius 1 is 0.800 bits per heavy atom. The quantitative estimate of drug-likeness (QED) is 0.513. The zero-order chi connectivity index (χ0) is 22.8. The molecule has 4 nitrogen and oxygen atoms in total. The van der Waals surface area contributed by atoms with Crippen molar-refractivity contribution in [3.8, 4) is 5.75 Å². The van der Waals surface area contributed by atoms with Gasteiger partial charge in [0.15, 0.2) is 5.78 Å². The predicted octanol–water partition coefficient (Wildman–Crippen LogP) is 5.34. The van der Waals surface area contributed by atoms with E-state index in [4.69, 9.17) is 0 Å². The van der Waals surface area contributed by atoms with Crippen LogP contribution in [0.3, 0.4) is 0 Å². The van der Waals surface area contributed by atoms with Crippen LogP contribution in [-0.2, 0) is 15.6 Å². The summed E-state index contributed by atoms with van der Waals surface area (Å²) in [6, 6.07) is 6.77. The highest BCUT2D eigenvalue weighted by Gasteiger charge is 2.43. The number of phenolic OH excluding ortho intramolecular Hbond substituents is 1. The molecule has 0 fully saturated rings. The van der Waals surface area contributed by atoms with E-state index in [0.29, 0.717) is 22.3 Å². The van der Waals surface area contributed by atoms with Crippen LogP contribution in [0.25, 0.3) is 0 Å². The third-order valence-electron chi connectivity index (χ3n) is 6.06. The standard InChI is InChI=1S/C26H30O4/c1-13-9-10-16-19(14(13)2)23(29)20(24(30)21(16)27)15-11-17(25(3,4)5)22(28)18(12-15)26(6,7)8/h9-12,20,28H,1-8H3. The molecule has 1 aliphatic carbocycles. The number of aryl methyl sites for hydroxylation is 1. The number of fused-ring (bicyclic) bond motifs is 1. The maximum atomic E-state index is 13.5. The van der Waals surface area contributed by atoms with Gasteiger partial charge in [-0.05, 0) is 58.6 Å². The minimum atomic E-state index is -1.19. The van der Waals surface area contributed by atoms with Gasteiger partial charge in [0.1, 0.15) is 11.7 Å². The molecule has 0 amide bonds. The molecule has 1 aliphatic rings. The highest BCUT2D eigenvalue weighted by Crippen LogP contribution is 2.43. The fraction of sp³-hybridized carbons (Fsp3) is 0.423. The van der Waals surface area contributed by atoms with E-state index in [1.165, 1.54) is 0 Å². The van der Waals surface area contributed by atoms with Crippen LogP contribution in [0.15, 0.2) is 24.3 Å². The van der Waals surface area contributed by atoms with Gasteiger partial charge < -0.3 is 5.11 Å². The van der Waals surface area contributed by atoms with Gasteiger partial charge in [-0.2, -0.15) is 0 Å². The second-order valence-corrected chi connectivity index (χ2v) is 10.4. The Morgan fingerprint density at radius 3 is 1.77 bits per heavy atom. The van der Waals surface area contributed by atoms with Crippen molar-refractivity contribution in [1.82, 2.24) is 0 Å². The number of hydrogen-bond acceptors (Lipinski definition) is 4. The van der Waals surface area contributed by atoms with Crippen molar-refractivity contribution < 1.29 is 19.5 Å². The van der Waals surface area contributed by atoms with Crippen LogP contribution in [0, 0.1) is 13.8 Å². The van der Waals surface area contributed by atoms with E-state index in [9.17, 15) is 19.5 Å². The minimum Gasteiger partial charge on any atom is -0.507 e. The molecule has 3 rings (SSSR count). The molecule has 0 bridgehead atoms. The van der Waals surface area contributed by atoms with Gasteiger partial charge in [0.05, 0.1) is 0 Å². The van der Waals surface area contributed by atoms with E-state index in [2.05, 4.69) is 0 Å². The predicted molar refractivity (Wildman–Crippen MR) is 118 cm³/mol. The van der Waals surface area contributed by atoms with Crippen LogP contribution in [-0.4, -0.2) is 22.5 Å². The summed E-state index contributed by atoms with van der Waals surface area (Å²) in [6.45, 7) is 15.5. The summed E-state index contributed by atoms with van der Waals surface area (Å²) < 4.78 is 0. The summed E-state index contributed by atoms with van der Waals surface area (Å²) in [5, 5.41) is 11.0. The van der Waals surface area contributed by atoms with Gasteiger partial charge in [-0.3, -0.25) is 14.4 Å². The first kappa shape index (κ1) is 21.9. The van der Waals surface area contributed by atoms with Gasteiger partial charge in [-0.15, -0.1) is 0 Å². The molecule has 0 saturated carbocycles. The van der Waals surface area contributed by atoms with Crippen molar-refractivity contribution in [3.05, 3.63) is 63.2 Å². The first-order valence-electron chi connectivity index (χ1n) is 10.3. The van der Waals surface area contributed by atoms with Crippen molar-refractivity contribution in [2.45, 2.75) is 72.1 Å². The molecule has 0 radical (unpaired) electrons. The van der Waals surface area contributed by atoms with E-state index >= 15 is 0 Å². The topological polar surface area (TPSA) is 71.4 Å². The van der Waals surface area contributed by atoms with Gasteiger partial charge in [0, 0.05) is 11.1 Å². The van der Waals surface area contributed by atoms with E-state index in [0.717, 1.165) is 11.1 Å². The number of hydrogen-bond donors (Lipinski definition) is 1. The van der Waals surface area contributed by atoms with Crippen molar-refractivity contribution >= 4 is 17.3 Å². The average Bonchev–Trinajstić information content (AvgIpc) is 2.61. The lowest BCUT2D eigenvalue weighted by molar-refractivity contribution is -0.115. The van der Waals surface area contributed by atoms with Gasteiger partial charge in [0.25, 0.3) is 0 Å². The normalized spacial score (nSPS) is 17.3. The highest BCUT2D eigenvalue weighted by atomic mass is 16.3. The number of ketones is 3. The molecule has 0 saturated heterocycles. The molecule has 0 aromatic heterocycles. The van der Waals surface area contributed by atoms with Crippen LogP contribution in [0.1, 0.15) is 96.0 Å². The van der Waals surface area contributed by atoms with E-state index in [-0.39, 0.29) is 17.1 Å². The highest BCUT2D eigenvalue weighted by molar-refractivity contribution is 6.53. The largest absolute Gasteiger partial charge is 0.507 e. The Kier molecular flexibility index (Phi) is 5.05. The molecular weight excluding hydrogens is 376 g/mol. The van der Waals surface area contributed by atoms with Crippen LogP contribution < -0.4 is 0 Å². The molecule has 4 heteroatoms. The summed E-state index contributed by atoms with van der Waals surface area (Å²) in [6.07, 6.45) is 0. The lowest BCUT2D eigenvalue weighted by Gasteiger charge is -2.30. The zero-order valence-electron chi connectivity index (χ0n) is 19.1. The fourth-order valence-electron chi connectivity index (χ4n) is 4.12. The molecule has 2 aromatic rings. The molecule has 0 aliphatic heterocycles. The summed E-state index contributed by atoms with van der Waals surface area (Å²) in [5.74, 6) is -2.69. The second-order valence-electron chi connectivity index (χ2n) is 10.4. The first-order valence-corrected chi connectivity index (χ1v) is 10.3. The molecule has 1 unspecified atom stereocenters. The first-order chi connectivity index (χ1) is 13.7. The van der Waals surface area contributed by atoms with Gasteiger partial charge in [-0.25, -0.2) is 0 Å². The summed E-state index contributed by atoms with van der Waals surface area (Å²) in [4.78, 5) is 39.5. The van der Waals surface area contributed by atoms with E-state index in [1.54, 1.807) is 24.3 Å². The lowest BCUT2D eigenvalue weighted by Crippen LogP contribution is -2.36. The lowest BCUT2D eigenvalue weighted by atomic mass is 9.72. The van der Waals surface area contributed by atoms with E-state index < -0.39 is 28.3 Å². The minimum absolute atomic E-state index is 0.174. The molecule has 0 spiro atoms. The van der Waals surface area contributed by atoms with Crippen molar-refractivity contribution in [1.29, 1.82) is 0 Å². The summed E-state index contributed by atoms with van der Waals surface area (Å²) in [7, 11) is 0. The number of rotatable bonds is 1. The van der Waals surface area contributed by atoms with Crippen LogP contribution in [0.2, 0.25) is 0 Å². The van der Waals surface area contributed by atoms with E-state index in [1.807, 2.05) is 55.4 Å². The molecule has 1 atom stereocenters. The van der Waals surface area contributed by atoms with Gasteiger partial charge in [-0.1, -0.05) is 59.7 Å². The number of carbonyl (C=O) groups excluding carboxylic acids is 3. The molecule has 0 heterocycles. The molecule has 158 valence electrons. The Bertz CT molecular complexity index is 1060. The zero-order valence-corrected chi connectivity index (χ0v) is 19.1. The third kappa shape index (κ3) is 3.38. The number of aromatic hydroxyl groups is 1. The summed E-state index contributed by atoms with van der Waals surface area (Å²) in [5.41, 5.74) is 3.13. The third-order valence-corrected chi connectivity index (χ3v) is 6.06. The molecule has 2 aromatic carbocycles. The Morgan fingerprint density at radius 2 is 1.30 bits per heavy atom. The second kappa shape index (κ2) is 6.90. The maximum absolute atomic E-state index is 13.5. The number of carbonyl (C=O) groups is 3. The Labute approximate surface area is 178 Å². The molecule has 1 N–H and O–H groups in total. The van der Waals surface area contributed by atoms with Crippen molar-refractivity contribution in [3.63, 3.8) is 0 Å². The number of Topliss-reactive ketones (excluding diaryl/α,β-unsaturated/α-hetero) is 3.